The number of aliphatic carboxylic acids is 1. The van der Waals surface area contributed by atoms with Gasteiger partial charge in [0.1, 0.15) is 6.10 Å². The summed E-state index contributed by atoms with van der Waals surface area (Å²) in [6, 6.07) is 0. The summed E-state index contributed by atoms with van der Waals surface area (Å²) >= 11 is 0. The summed E-state index contributed by atoms with van der Waals surface area (Å²) in [7, 11) is 0. The maximum absolute atomic E-state index is 12.4. The number of allylic oxidation sites excluding steroid dienone is 1. The Morgan fingerprint density at radius 2 is 1.78 bits per heavy atom. The van der Waals surface area contributed by atoms with Crippen molar-refractivity contribution in [3.63, 3.8) is 0 Å². The third kappa shape index (κ3) is 5.73. The first-order chi connectivity index (χ1) is 17.0. The lowest BCUT2D eigenvalue weighted by atomic mass is 9.45. The Bertz CT molecular complexity index is 830. The van der Waals surface area contributed by atoms with Crippen molar-refractivity contribution in [3.8, 4) is 0 Å². The van der Waals surface area contributed by atoms with Crippen LogP contribution in [0.3, 0.4) is 0 Å². The van der Waals surface area contributed by atoms with E-state index in [1.807, 2.05) is 0 Å². The molecule has 0 amide bonds. The standard InChI is InChI=1S/C32H52O4/c1-21(2)9-6-10-22(3)25-20-23-19-24(36-29(35)13-7-12-28(33)34)14-18-32(23,5)27-15-17-31(4)16-8-11-26(31)30(25)27/h20-22,24-27,30H,6-19H2,1-5H3,(H,33,34)/t22-,24+,25?,26+,27+,30+,31-,32+/m1/s1. The third-order valence-electron chi connectivity index (χ3n) is 11.1. The van der Waals surface area contributed by atoms with E-state index < -0.39 is 5.97 Å². The summed E-state index contributed by atoms with van der Waals surface area (Å²) in [5.74, 6) is 3.49. The van der Waals surface area contributed by atoms with E-state index in [1.165, 1.54) is 51.4 Å². The molecule has 204 valence electrons. The number of hydrogen-bond acceptors (Lipinski definition) is 3. The van der Waals surface area contributed by atoms with Crippen LogP contribution in [0.2, 0.25) is 0 Å². The summed E-state index contributed by atoms with van der Waals surface area (Å²) in [4.78, 5) is 23.2. The number of esters is 1. The molecule has 4 aliphatic carbocycles. The fraction of sp³-hybridized carbons (Fsp3) is 0.875. The zero-order valence-corrected chi connectivity index (χ0v) is 23.7. The highest BCUT2D eigenvalue weighted by atomic mass is 16.5. The lowest BCUT2D eigenvalue weighted by Gasteiger charge is -2.60. The smallest absolute Gasteiger partial charge is 0.306 e. The van der Waals surface area contributed by atoms with Gasteiger partial charge in [0.15, 0.2) is 0 Å². The quantitative estimate of drug-likeness (QED) is 0.242. The predicted molar refractivity (Wildman–Crippen MR) is 144 cm³/mol. The van der Waals surface area contributed by atoms with Crippen LogP contribution >= 0.6 is 0 Å². The van der Waals surface area contributed by atoms with Gasteiger partial charge in [-0.15, -0.1) is 0 Å². The minimum absolute atomic E-state index is 0.0303. The first kappa shape index (κ1) is 27.7. The molecule has 3 saturated carbocycles. The molecule has 4 aliphatic rings. The van der Waals surface area contributed by atoms with E-state index in [9.17, 15) is 9.59 Å². The Morgan fingerprint density at radius 1 is 1.00 bits per heavy atom. The minimum Gasteiger partial charge on any atom is -0.481 e. The van der Waals surface area contributed by atoms with Crippen molar-refractivity contribution >= 4 is 11.9 Å². The Kier molecular flexibility index (Phi) is 8.62. The fourth-order valence-electron chi connectivity index (χ4n) is 9.01. The van der Waals surface area contributed by atoms with Gasteiger partial charge in [-0.1, -0.05) is 72.0 Å². The average Bonchev–Trinajstić information content (AvgIpc) is 3.20. The van der Waals surface area contributed by atoms with Crippen LogP contribution in [0.1, 0.15) is 125 Å². The highest BCUT2D eigenvalue weighted by Gasteiger charge is 2.58. The summed E-state index contributed by atoms with van der Waals surface area (Å²) < 4.78 is 5.90. The molecule has 0 aliphatic heterocycles. The SMILES string of the molecule is CC(C)CCC[C@@H](C)C1C=C2C[C@@H](OC(=O)CCCC(=O)O)CC[C@]2(C)[C@H]2CC[C@@]3(C)CCC[C@H]3[C@H]12. The van der Waals surface area contributed by atoms with E-state index >= 15 is 0 Å². The van der Waals surface area contributed by atoms with Gasteiger partial charge in [0, 0.05) is 19.3 Å². The molecule has 1 unspecified atom stereocenters. The van der Waals surface area contributed by atoms with Gasteiger partial charge in [-0.3, -0.25) is 9.59 Å². The zero-order valence-electron chi connectivity index (χ0n) is 23.7. The zero-order chi connectivity index (χ0) is 26.1. The van der Waals surface area contributed by atoms with Gasteiger partial charge < -0.3 is 9.84 Å². The number of fused-ring (bicyclic) bond motifs is 5. The van der Waals surface area contributed by atoms with E-state index in [4.69, 9.17) is 9.84 Å². The number of carbonyl (C=O) groups excluding carboxylic acids is 1. The van der Waals surface area contributed by atoms with Crippen LogP contribution < -0.4 is 0 Å². The summed E-state index contributed by atoms with van der Waals surface area (Å²) in [5.41, 5.74) is 2.36. The van der Waals surface area contributed by atoms with Crippen molar-refractivity contribution in [3.05, 3.63) is 11.6 Å². The van der Waals surface area contributed by atoms with Crippen LogP contribution in [0.5, 0.6) is 0 Å². The van der Waals surface area contributed by atoms with Crippen molar-refractivity contribution in [2.75, 3.05) is 0 Å². The van der Waals surface area contributed by atoms with Gasteiger partial charge >= 0.3 is 11.9 Å². The molecule has 8 atom stereocenters. The second-order valence-corrected chi connectivity index (χ2v) is 14.0. The molecule has 3 fully saturated rings. The molecule has 0 heterocycles. The largest absolute Gasteiger partial charge is 0.481 e. The molecule has 0 aromatic carbocycles. The molecule has 0 aromatic heterocycles. The van der Waals surface area contributed by atoms with Crippen LogP contribution in [-0.2, 0) is 14.3 Å². The second-order valence-electron chi connectivity index (χ2n) is 14.0. The third-order valence-corrected chi connectivity index (χ3v) is 11.1. The van der Waals surface area contributed by atoms with Crippen molar-refractivity contribution in [2.24, 2.45) is 46.3 Å². The molecule has 4 heteroatoms. The van der Waals surface area contributed by atoms with Gasteiger partial charge in [-0.2, -0.15) is 0 Å². The van der Waals surface area contributed by atoms with E-state index in [2.05, 4.69) is 40.7 Å². The normalized spacial score (nSPS) is 38.5. The monoisotopic (exact) mass is 500 g/mol. The molecule has 0 radical (unpaired) electrons. The van der Waals surface area contributed by atoms with Gasteiger partial charge in [0.05, 0.1) is 0 Å². The van der Waals surface area contributed by atoms with Crippen molar-refractivity contribution in [1.82, 2.24) is 0 Å². The van der Waals surface area contributed by atoms with Crippen molar-refractivity contribution < 1.29 is 19.4 Å². The Hall–Kier alpha value is -1.32. The van der Waals surface area contributed by atoms with Crippen LogP contribution in [0.25, 0.3) is 0 Å². The average molecular weight is 501 g/mol. The molecular formula is C32H52O4. The molecule has 1 N–H and O–H groups in total. The number of carboxylic acids is 1. The maximum Gasteiger partial charge on any atom is 0.306 e. The maximum atomic E-state index is 12.4. The number of hydrogen-bond donors (Lipinski definition) is 1. The number of carboxylic acid groups (broad SMARTS) is 1. The summed E-state index contributed by atoms with van der Waals surface area (Å²) in [5, 5.41) is 8.86. The topological polar surface area (TPSA) is 63.6 Å². The molecule has 36 heavy (non-hydrogen) atoms. The van der Waals surface area contributed by atoms with E-state index in [0.29, 0.717) is 23.7 Å². The highest BCUT2D eigenvalue weighted by Crippen LogP contribution is 2.67. The summed E-state index contributed by atoms with van der Waals surface area (Å²) in [6.07, 6.45) is 17.2. The first-order valence-electron chi connectivity index (χ1n) is 15.2. The van der Waals surface area contributed by atoms with Crippen LogP contribution in [-0.4, -0.2) is 23.1 Å². The molecule has 0 bridgehead atoms. The molecule has 4 rings (SSSR count). The molecular weight excluding hydrogens is 448 g/mol. The Morgan fingerprint density at radius 3 is 2.50 bits per heavy atom. The Balaban J connectivity index is 1.53. The highest BCUT2D eigenvalue weighted by molar-refractivity contribution is 5.71. The van der Waals surface area contributed by atoms with E-state index in [-0.39, 0.29) is 30.3 Å². The molecule has 0 spiro atoms. The lowest BCUT2D eigenvalue weighted by Crippen LogP contribution is -2.53. The van der Waals surface area contributed by atoms with Gasteiger partial charge in [0.25, 0.3) is 0 Å². The van der Waals surface area contributed by atoms with E-state index in [1.54, 1.807) is 5.57 Å². The predicted octanol–water partition coefficient (Wildman–Crippen LogP) is 8.19. The number of rotatable bonds is 10. The molecule has 0 saturated heterocycles. The Labute approximate surface area is 220 Å². The van der Waals surface area contributed by atoms with Crippen LogP contribution in [0.4, 0.5) is 0 Å². The van der Waals surface area contributed by atoms with Gasteiger partial charge in [-0.25, -0.2) is 0 Å². The minimum atomic E-state index is -0.849. The second kappa shape index (κ2) is 11.2. The van der Waals surface area contributed by atoms with E-state index in [0.717, 1.165) is 42.9 Å². The first-order valence-corrected chi connectivity index (χ1v) is 15.2. The van der Waals surface area contributed by atoms with Crippen molar-refractivity contribution in [2.45, 2.75) is 131 Å². The fourth-order valence-corrected chi connectivity index (χ4v) is 9.01. The lowest BCUT2D eigenvalue weighted by molar-refractivity contribution is -0.152. The van der Waals surface area contributed by atoms with Gasteiger partial charge in [0.2, 0.25) is 0 Å². The van der Waals surface area contributed by atoms with Crippen LogP contribution in [0, 0.1) is 46.3 Å². The summed E-state index contributed by atoms with van der Waals surface area (Å²) in [6.45, 7) is 12.3. The van der Waals surface area contributed by atoms with Crippen molar-refractivity contribution in [1.29, 1.82) is 0 Å². The van der Waals surface area contributed by atoms with Gasteiger partial charge in [-0.05, 0) is 91.3 Å². The number of ether oxygens (including phenoxy) is 1. The van der Waals surface area contributed by atoms with Crippen LogP contribution in [0.15, 0.2) is 11.6 Å². The molecule has 0 aromatic rings. The number of carbonyl (C=O) groups is 2. The molecule has 4 nitrogen and oxygen atoms in total.